The Morgan fingerprint density at radius 2 is 0.773 bits per heavy atom. The van der Waals surface area contributed by atoms with Gasteiger partial charge in [-0.15, -0.1) is 33.2 Å². The maximum atomic E-state index is 13.8. The third-order valence-electron chi connectivity index (χ3n) is 5.20. The smallest absolute Gasteiger partial charge is 0.205 e. The van der Waals surface area contributed by atoms with E-state index in [1.807, 2.05) is 0 Å². The standard InChI is InChI=1S/C16H7Cl3F24Si/c17-44(18,19)4-3-7(23,24)10(29,30)12(33,34)11(31,32)8(25,26)5(20)1-2-6(21,22)9(27,28)13(35,36)14(37,38)15(39,40)16(41,42)43/h1H,2-4H2/b5-1-. The fourth-order valence-electron chi connectivity index (χ4n) is 2.51. The minimum Gasteiger partial charge on any atom is -0.205 e. The summed E-state index contributed by atoms with van der Waals surface area (Å²) >= 11 is 15.0. The molecule has 0 N–H and O–H groups in total. The van der Waals surface area contributed by atoms with Crippen molar-refractivity contribution in [2.75, 3.05) is 0 Å². The highest BCUT2D eigenvalue weighted by molar-refractivity contribution is 7.64. The molecule has 0 nitrogen and oxygen atoms in total. The Bertz CT molecular complexity index is 1050. The van der Waals surface area contributed by atoms with E-state index in [0.29, 0.717) is 0 Å². The van der Waals surface area contributed by atoms with E-state index in [2.05, 4.69) is 0 Å². The van der Waals surface area contributed by atoms with Crippen LogP contribution in [0.15, 0.2) is 11.9 Å². The predicted octanol–water partition coefficient (Wildman–Crippen LogP) is 11.2. The van der Waals surface area contributed by atoms with Crippen LogP contribution in [0.2, 0.25) is 6.04 Å². The molecule has 0 bridgehead atoms. The van der Waals surface area contributed by atoms with Crippen molar-refractivity contribution in [3.05, 3.63) is 11.9 Å². The summed E-state index contributed by atoms with van der Waals surface area (Å²) in [5.74, 6) is -84.2. The molecule has 0 aliphatic carbocycles. The van der Waals surface area contributed by atoms with Gasteiger partial charge in [0.2, 0.25) is 0 Å². The Morgan fingerprint density at radius 3 is 1.11 bits per heavy atom. The summed E-state index contributed by atoms with van der Waals surface area (Å²) in [4.78, 5) is 0. The van der Waals surface area contributed by atoms with Crippen LogP contribution in [0.4, 0.5) is 105 Å². The van der Waals surface area contributed by atoms with Gasteiger partial charge in [-0.05, 0) is 12.1 Å². The monoisotopic (exact) mass is 788 g/mol. The molecule has 0 aliphatic heterocycles. The lowest BCUT2D eigenvalue weighted by atomic mass is 9.91. The van der Waals surface area contributed by atoms with Crippen molar-refractivity contribution < 1.29 is 105 Å². The van der Waals surface area contributed by atoms with Crippen molar-refractivity contribution in [2.45, 2.75) is 84.3 Å². The lowest BCUT2D eigenvalue weighted by Gasteiger charge is -2.40. The average molecular weight is 790 g/mol. The highest BCUT2D eigenvalue weighted by Crippen LogP contribution is 2.62. The summed E-state index contributed by atoms with van der Waals surface area (Å²) in [5, 5.41) is 0. The molecular weight excluding hydrogens is 783 g/mol. The van der Waals surface area contributed by atoms with Gasteiger partial charge in [-0.25, -0.2) is 4.39 Å². The summed E-state index contributed by atoms with van der Waals surface area (Å²) in [5.41, 5.74) is 0. The molecular formula is C16H7Cl3F24Si. The molecule has 0 unspecified atom stereocenters. The van der Waals surface area contributed by atoms with Crippen LogP contribution < -0.4 is 0 Å². The highest BCUT2D eigenvalue weighted by Gasteiger charge is 2.91. The molecule has 44 heavy (non-hydrogen) atoms. The molecule has 0 amide bonds. The number of halogens is 27. The molecule has 0 aromatic heterocycles. The summed E-state index contributed by atoms with van der Waals surface area (Å²) < 4.78 is 319. The van der Waals surface area contributed by atoms with Crippen LogP contribution in [0.25, 0.3) is 0 Å². The highest BCUT2D eigenvalue weighted by atomic mass is 35.8. The predicted molar refractivity (Wildman–Crippen MR) is 102 cm³/mol. The van der Waals surface area contributed by atoms with Crippen LogP contribution in [-0.2, 0) is 0 Å². The van der Waals surface area contributed by atoms with Crippen LogP contribution in [0.5, 0.6) is 0 Å². The summed E-state index contributed by atoms with van der Waals surface area (Å²) in [6.07, 6.45) is -17.1. The molecule has 0 heterocycles. The summed E-state index contributed by atoms with van der Waals surface area (Å²) in [6, 6.07) is -6.23. The van der Waals surface area contributed by atoms with Crippen molar-refractivity contribution in [3.8, 4) is 0 Å². The molecule has 0 spiro atoms. The Kier molecular flexibility index (Phi) is 11.5. The molecule has 0 rings (SSSR count). The zero-order valence-electron chi connectivity index (χ0n) is 19.4. The maximum Gasteiger partial charge on any atom is 0.460 e. The number of rotatable bonds is 14. The van der Waals surface area contributed by atoms with Gasteiger partial charge in [0.05, 0.1) is 0 Å². The van der Waals surface area contributed by atoms with Crippen LogP contribution in [0.3, 0.4) is 0 Å². The van der Waals surface area contributed by atoms with Crippen molar-refractivity contribution in [3.63, 3.8) is 0 Å². The minimum absolute atomic E-state index is 1.76. The second-order valence-corrected chi connectivity index (χ2v) is 17.7. The van der Waals surface area contributed by atoms with E-state index >= 15 is 0 Å². The van der Waals surface area contributed by atoms with Gasteiger partial charge in [0.25, 0.3) is 0 Å². The van der Waals surface area contributed by atoms with Crippen LogP contribution in [0.1, 0.15) is 12.8 Å². The Morgan fingerprint density at radius 1 is 0.455 bits per heavy atom. The molecule has 0 aromatic carbocycles. The maximum absolute atomic E-state index is 13.8. The van der Waals surface area contributed by atoms with E-state index in [1.54, 1.807) is 0 Å². The lowest BCUT2D eigenvalue weighted by molar-refractivity contribution is -0.439. The van der Waals surface area contributed by atoms with Crippen LogP contribution >= 0.6 is 33.2 Å². The second-order valence-electron chi connectivity index (χ2n) is 8.37. The number of hydrogen-bond acceptors (Lipinski definition) is 0. The SMILES string of the molecule is F/C(=C\CC(F)(F)C(F)(F)C(F)(F)C(F)(F)C(F)(F)C(F)(F)F)C(F)(F)C(F)(F)C(F)(F)C(F)(F)C(F)(F)CC[Si](Cl)(Cl)Cl. The third kappa shape index (κ3) is 6.75. The summed E-state index contributed by atoms with van der Waals surface area (Å²) in [6.45, 7) is 0. The molecule has 0 aliphatic rings. The van der Waals surface area contributed by atoms with Crippen molar-refractivity contribution >= 4 is 39.2 Å². The van der Waals surface area contributed by atoms with E-state index in [4.69, 9.17) is 33.2 Å². The Labute approximate surface area is 241 Å². The van der Waals surface area contributed by atoms with E-state index in [0.717, 1.165) is 0 Å². The average Bonchev–Trinajstić information content (AvgIpc) is 2.78. The van der Waals surface area contributed by atoms with Crippen LogP contribution in [0, 0.1) is 0 Å². The summed E-state index contributed by atoms with van der Waals surface area (Å²) in [7, 11) is 0. The van der Waals surface area contributed by atoms with Gasteiger partial charge in [0, 0.05) is 12.8 Å². The van der Waals surface area contributed by atoms with Gasteiger partial charge in [-0.3, -0.25) is 0 Å². The Hall–Kier alpha value is -0.853. The van der Waals surface area contributed by atoms with E-state index in [1.165, 1.54) is 0 Å². The number of alkyl halides is 23. The van der Waals surface area contributed by atoms with Gasteiger partial charge in [0.15, 0.2) is 5.83 Å². The van der Waals surface area contributed by atoms with Crippen molar-refractivity contribution in [1.82, 2.24) is 0 Å². The normalized spacial score (nSPS) is 16.9. The van der Waals surface area contributed by atoms with Crippen molar-refractivity contribution in [2.24, 2.45) is 0 Å². The molecule has 0 atom stereocenters. The quantitative estimate of drug-likeness (QED) is 0.0934. The number of hydrogen-bond donors (Lipinski definition) is 0. The zero-order chi connectivity index (χ0) is 36.4. The first kappa shape index (κ1) is 43.1. The first-order valence-electron chi connectivity index (χ1n) is 9.86. The van der Waals surface area contributed by atoms with E-state index in [9.17, 15) is 105 Å². The largest absolute Gasteiger partial charge is 0.460 e. The Balaban J connectivity index is 6.68. The first-order chi connectivity index (χ1) is 18.6. The lowest BCUT2D eigenvalue weighted by Crippen LogP contribution is -2.70. The molecule has 264 valence electrons. The fraction of sp³-hybridized carbons (Fsp3) is 0.875. The van der Waals surface area contributed by atoms with E-state index < -0.39 is 102 Å². The van der Waals surface area contributed by atoms with Gasteiger partial charge in [0.1, 0.15) is 0 Å². The molecule has 0 fully saturated rings. The molecule has 0 aromatic rings. The molecule has 0 saturated heterocycles. The number of allylic oxidation sites excluding steroid dienone is 2. The third-order valence-corrected chi connectivity index (χ3v) is 7.72. The van der Waals surface area contributed by atoms with Crippen molar-refractivity contribution in [1.29, 1.82) is 0 Å². The fourth-order valence-corrected chi connectivity index (χ4v) is 3.95. The first-order valence-corrected chi connectivity index (χ1v) is 15.1. The van der Waals surface area contributed by atoms with Gasteiger partial charge in [-0.2, -0.15) is 101 Å². The van der Waals surface area contributed by atoms with Crippen LogP contribution in [-0.4, -0.2) is 71.4 Å². The van der Waals surface area contributed by atoms with Gasteiger partial charge in [-0.1, -0.05) is 0 Å². The van der Waals surface area contributed by atoms with Gasteiger partial charge >= 0.3 is 71.4 Å². The molecule has 0 radical (unpaired) electrons. The molecule has 0 saturated carbocycles. The second kappa shape index (κ2) is 11.7. The minimum atomic E-state index is -8.57. The van der Waals surface area contributed by atoms with Gasteiger partial charge < -0.3 is 0 Å². The van der Waals surface area contributed by atoms with E-state index in [-0.39, 0.29) is 0 Å². The topological polar surface area (TPSA) is 0 Å². The molecule has 28 heteroatoms. The zero-order valence-corrected chi connectivity index (χ0v) is 22.7.